The van der Waals surface area contributed by atoms with Crippen molar-refractivity contribution >= 4 is 11.9 Å². The van der Waals surface area contributed by atoms with Crippen molar-refractivity contribution < 1.29 is 4.79 Å². The maximum Gasteiger partial charge on any atom is 0.148 e. The van der Waals surface area contributed by atoms with Gasteiger partial charge in [-0.05, 0) is 35.5 Å². The van der Waals surface area contributed by atoms with Crippen LogP contribution in [0.25, 0.3) is 6.08 Å². The van der Waals surface area contributed by atoms with Crippen molar-refractivity contribution in [1.82, 2.24) is 0 Å². The third-order valence-electron chi connectivity index (χ3n) is 4.89. The SMILES string of the molecule is O=C1C2C=CC=CC2=CCC1C1C=Cc2ccccc2C1. The molecule has 4 rings (SSSR count). The highest BCUT2D eigenvalue weighted by atomic mass is 16.1. The molecule has 0 fully saturated rings. The maximum absolute atomic E-state index is 12.8. The van der Waals surface area contributed by atoms with Gasteiger partial charge in [-0.2, -0.15) is 0 Å². The molecule has 0 amide bonds. The van der Waals surface area contributed by atoms with Gasteiger partial charge in [-0.25, -0.2) is 0 Å². The van der Waals surface area contributed by atoms with E-state index in [4.69, 9.17) is 0 Å². The van der Waals surface area contributed by atoms with Crippen molar-refractivity contribution in [3.05, 3.63) is 77.4 Å². The van der Waals surface area contributed by atoms with Crippen LogP contribution in [-0.2, 0) is 11.2 Å². The normalized spacial score (nSPS) is 29.8. The first-order valence-electron chi connectivity index (χ1n) is 7.68. The van der Waals surface area contributed by atoms with E-state index in [0.29, 0.717) is 11.7 Å². The molecule has 1 aromatic carbocycles. The topological polar surface area (TPSA) is 17.1 Å². The number of rotatable bonds is 1. The van der Waals surface area contributed by atoms with Crippen LogP contribution >= 0.6 is 0 Å². The minimum absolute atomic E-state index is 0.0145. The molecule has 1 nitrogen and oxygen atoms in total. The maximum atomic E-state index is 12.8. The molecule has 0 saturated heterocycles. The molecular weight excluding hydrogens is 256 g/mol. The molecule has 0 heterocycles. The second kappa shape index (κ2) is 5.00. The molecule has 1 aromatic rings. The van der Waals surface area contributed by atoms with Crippen molar-refractivity contribution in [3.8, 4) is 0 Å². The fourth-order valence-electron chi connectivity index (χ4n) is 3.71. The molecule has 0 aliphatic heterocycles. The van der Waals surface area contributed by atoms with Gasteiger partial charge in [-0.1, -0.05) is 66.8 Å². The van der Waals surface area contributed by atoms with Gasteiger partial charge in [0.1, 0.15) is 5.78 Å². The van der Waals surface area contributed by atoms with Gasteiger partial charge in [0.2, 0.25) is 0 Å². The number of benzene rings is 1. The van der Waals surface area contributed by atoms with Crippen molar-refractivity contribution in [2.45, 2.75) is 12.8 Å². The zero-order valence-electron chi connectivity index (χ0n) is 11.9. The quantitative estimate of drug-likeness (QED) is 0.752. The van der Waals surface area contributed by atoms with Crippen molar-refractivity contribution in [2.24, 2.45) is 17.8 Å². The average Bonchev–Trinajstić information content (AvgIpc) is 2.55. The molecule has 0 aromatic heterocycles. The molecule has 1 heteroatoms. The summed E-state index contributed by atoms with van der Waals surface area (Å²) < 4.78 is 0. The summed E-state index contributed by atoms with van der Waals surface area (Å²) in [6.45, 7) is 0. The molecular formula is C20H18O. The molecule has 21 heavy (non-hydrogen) atoms. The molecule has 3 aliphatic carbocycles. The third-order valence-corrected chi connectivity index (χ3v) is 4.89. The van der Waals surface area contributed by atoms with Gasteiger partial charge in [-0.3, -0.25) is 4.79 Å². The molecule has 3 atom stereocenters. The van der Waals surface area contributed by atoms with E-state index in [9.17, 15) is 4.79 Å². The molecule has 0 saturated carbocycles. The largest absolute Gasteiger partial charge is 0.298 e. The van der Waals surface area contributed by atoms with E-state index in [1.54, 1.807) is 0 Å². The van der Waals surface area contributed by atoms with Crippen LogP contribution in [0.5, 0.6) is 0 Å². The lowest BCUT2D eigenvalue weighted by Crippen LogP contribution is -2.33. The van der Waals surface area contributed by atoms with Crippen LogP contribution in [0.2, 0.25) is 0 Å². The molecule has 104 valence electrons. The molecule has 0 N–H and O–H groups in total. The Balaban J connectivity index is 1.62. The number of allylic oxidation sites excluding steroid dienone is 7. The van der Waals surface area contributed by atoms with E-state index in [1.807, 2.05) is 18.2 Å². The van der Waals surface area contributed by atoms with Gasteiger partial charge in [0.25, 0.3) is 0 Å². The lowest BCUT2D eigenvalue weighted by atomic mass is 9.70. The van der Waals surface area contributed by atoms with Crippen molar-refractivity contribution in [3.63, 3.8) is 0 Å². The molecule has 0 spiro atoms. The van der Waals surface area contributed by atoms with Gasteiger partial charge in [0, 0.05) is 5.92 Å². The molecule has 3 unspecified atom stereocenters. The molecule has 3 aliphatic rings. The van der Waals surface area contributed by atoms with E-state index >= 15 is 0 Å². The van der Waals surface area contributed by atoms with Crippen LogP contribution in [0.15, 0.2) is 66.3 Å². The number of carbonyl (C=O) groups is 1. The summed E-state index contributed by atoms with van der Waals surface area (Å²) in [6.07, 6.45) is 16.7. The first-order valence-corrected chi connectivity index (χ1v) is 7.68. The van der Waals surface area contributed by atoms with Crippen LogP contribution in [0.3, 0.4) is 0 Å². The fourth-order valence-corrected chi connectivity index (χ4v) is 3.71. The Bertz CT molecular complexity index is 702. The summed E-state index contributed by atoms with van der Waals surface area (Å²) in [5, 5.41) is 0. The third kappa shape index (κ3) is 2.13. The van der Waals surface area contributed by atoms with Gasteiger partial charge in [0.05, 0.1) is 5.92 Å². The first kappa shape index (κ1) is 12.6. The Labute approximate surface area is 125 Å². The Morgan fingerprint density at radius 1 is 1.00 bits per heavy atom. The van der Waals surface area contributed by atoms with Gasteiger partial charge >= 0.3 is 0 Å². The first-order chi connectivity index (χ1) is 10.3. The zero-order valence-corrected chi connectivity index (χ0v) is 11.9. The van der Waals surface area contributed by atoms with E-state index in [1.165, 1.54) is 16.7 Å². The lowest BCUT2D eigenvalue weighted by Gasteiger charge is -2.32. The number of fused-ring (bicyclic) bond motifs is 2. The number of hydrogen-bond donors (Lipinski definition) is 0. The summed E-state index contributed by atoms with van der Waals surface area (Å²) in [4.78, 5) is 12.8. The van der Waals surface area contributed by atoms with Gasteiger partial charge in [-0.15, -0.1) is 0 Å². The molecule has 0 radical (unpaired) electrons. The van der Waals surface area contributed by atoms with Gasteiger partial charge < -0.3 is 0 Å². The number of ketones is 1. The van der Waals surface area contributed by atoms with E-state index < -0.39 is 0 Å². The number of hydrogen-bond acceptors (Lipinski definition) is 1. The van der Waals surface area contributed by atoms with Gasteiger partial charge in [0.15, 0.2) is 0 Å². The zero-order chi connectivity index (χ0) is 14.2. The Morgan fingerprint density at radius 3 is 2.86 bits per heavy atom. The summed E-state index contributed by atoms with van der Waals surface area (Å²) in [5.74, 6) is 0.838. The molecule has 0 bridgehead atoms. The minimum atomic E-state index is -0.0145. The number of Topliss-reactive ketones (excluding diaryl/α,β-unsaturated/α-hetero) is 1. The van der Waals surface area contributed by atoms with E-state index in [2.05, 4.69) is 48.6 Å². The van der Waals surface area contributed by atoms with Crippen LogP contribution in [0.1, 0.15) is 17.5 Å². The van der Waals surface area contributed by atoms with Crippen LogP contribution in [-0.4, -0.2) is 5.78 Å². The van der Waals surface area contributed by atoms with Crippen molar-refractivity contribution in [2.75, 3.05) is 0 Å². The average molecular weight is 274 g/mol. The summed E-state index contributed by atoms with van der Waals surface area (Å²) in [5.41, 5.74) is 3.85. The van der Waals surface area contributed by atoms with E-state index in [-0.39, 0.29) is 11.8 Å². The summed E-state index contributed by atoms with van der Waals surface area (Å²) in [6, 6.07) is 8.49. The Morgan fingerprint density at radius 2 is 1.90 bits per heavy atom. The minimum Gasteiger partial charge on any atom is -0.298 e. The monoisotopic (exact) mass is 274 g/mol. The highest BCUT2D eigenvalue weighted by Crippen LogP contribution is 2.37. The smallest absolute Gasteiger partial charge is 0.148 e. The Hall–Kier alpha value is -2.15. The van der Waals surface area contributed by atoms with Crippen molar-refractivity contribution in [1.29, 1.82) is 0 Å². The summed E-state index contributed by atoms with van der Waals surface area (Å²) in [7, 11) is 0. The van der Waals surface area contributed by atoms with Crippen LogP contribution in [0.4, 0.5) is 0 Å². The summed E-state index contributed by atoms with van der Waals surface area (Å²) >= 11 is 0. The predicted molar refractivity (Wildman–Crippen MR) is 85.6 cm³/mol. The predicted octanol–water partition coefficient (Wildman–Crippen LogP) is 4.13. The number of carbonyl (C=O) groups excluding carboxylic acids is 1. The van der Waals surface area contributed by atoms with E-state index in [0.717, 1.165) is 12.8 Å². The highest BCUT2D eigenvalue weighted by Gasteiger charge is 2.35. The Kier molecular flexibility index (Phi) is 2.99. The fraction of sp³-hybridized carbons (Fsp3) is 0.250. The lowest BCUT2D eigenvalue weighted by molar-refractivity contribution is -0.126. The highest BCUT2D eigenvalue weighted by molar-refractivity contribution is 5.90. The second-order valence-electron chi connectivity index (χ2n) is 6.10. The van der Waals surface area contributed by atoms with Crippen LogP contribution in [0, 0.1) is 17.8 Å². The standard InChI is InChI=1S/C20H18O/c21-20-18-8-4-3-6-15(18)11-12-19(20)17-10-9-14-5-1-2-7-16(14)13-17/h1-11,17-19H,12-13H2. The second-order valence-corrected chi connectivity index (χ2v) is 6.10. The van der Waals surface area contributed by atoms with Crippen LogP contribution < -0.4 is 0 Å².